The first-order valence-electron chi connectivity index (χ1n) is 7.38. The molecule has 2 aromatic rings. The molecule has 2 rings (SSSR count). The molecule has 5 heteroatoms. The second-order valence-electron chi connectivity index (χ2n) is 5.29. The first kappa shape index (κ1) is 17.1. The summed E-state index contributed by atoms with van der Waals surface area (Å²) in [6.45, 7) is 1.87. The Bertz CT molecular complexity index is 654. The van der Waals surface area contributed by atoms with E-state index in [9.17, 15) is 4.79 Å². The van der Waals surface area contributed by atoms with Gasteiger partial charge in [-0.25, -0.2) is 5.43 Å². The highest BCUT2D eigenvalue weighted by atomic mass is 32.2. The third kappa shape index (κ3) is 5.45. The normalized spacial score (nSPS) is 12.1. The largest absolute Gasteiger partial charge is 0.378 e. The van der Waals surface area contributed by atoms with E-state index in [2.05, 4.69) is 10.5 Å². The SMILES string of the molecule is C[C@H](Sc1ccccc1)C(=O)N/N=C\c1ccc(N(C)C)cc1. The van der Waals surface area contributed by atoms with Gasteiger partial charge in [-0.2, -0.15) is 5.10 Å². The Labute approximate surface area is 141 Å². The molecular weight excluding hydrogens is 306 g/mol. The van der Waals surface area contributed by atoms with E-state index in [-0.39, 0.29) is 11.2 Å². The van der Waals surface area contributed by atoms with Crippen molar-refractivity contribution in [2.45, 2.75) is 17.1 Å². The summed E-state index contributed by atoms with van der Waals surface area (Å²) >= 11 is 1.51. The van der Waals surface area contributed by atoms with E-state index in [0.717, 1.165) is 16.1 Å². The van der Waals surface area contributed by atoms with E-state index in [0.29, 0.717) is 0 Å². The minimum Gasteiger partial charge on any atom is -0.378 e. The number of nitrogens with zero attached hydrogens (tertiary/aromatic N) is 2. The van der Waals surface area contributed by atoms with Crippen molar-refractivity contribution in [3.05, 3.63) is 60.2 Å². The molecule has 2 aromatic carbocycles. The third-order valence-electron chi connectivity index (χ3n) is 3.22. The number of rotatable bonds is 6. The molecule has 0 heterocycles. The zero-order chi connectivity index (χ0) is 16.7. The van der Waals surface area contributed by atoms with Gasteiger partial charge in [0.1, 0.15) is 0 Å². The van der Waals surface area contributed by atoms with Gasteiger partial charge < -0.3 is 4.90 Å². The van der Waals surface area contributed by atoms with Crippen molar-refractivity contribution in [1.29, 1.82) is 0 Å². The van der Waals surface area contributed by atoms with Crippen LogP contribution in [-0.4, -0.2) is 31.5 Å². The molecule has 0 aliphatic heterocycles. The van der Waals surface area contributed by atoms with E-state index in [1.54, 1.807) is 6.21 Å². The molecule has 0 fully saturated rings. The lowest BCUT2D eigenvalue weighted by Gasteiger charge is -2.11. The summed E-state index contributed by atoms with van der Waals surface area (Å²) in [5.41, 5.74) is 4.66. The molecule has 0 saturated heterocycles. The van der Waals surface area contributed by atoms with Gasteiger partial charge in [0.15, 0.2) is 0 Å². The maximum absolute atomic E-state index is 12.0. The molecule has 0 aliphatic rings. The van der Waals surface area contributed by atoms with Crippen LogP contribution in [0.1, 0.15) is 12.5 Å². The predicted octanol–water partition coefficient (Wildman–Crippen LogP) is 3.38. The van der Waals surface area contributed by atoms with E-state index < -0.39 is 0 Å². The maximum atomic E-state index is 12.0. The van der Waals surface area contributed by atoms with Crippen LogP contribution in [0.3, 0.4) is 0 Å². The van der Waals surface area contributed by atoms with Crippen molar-refractivity contribution in [3.63, 3.8) is 0 Å². The Kier molecular flexibility index (Phi) is 6.23. The molecule has 120 valence electrons. The van der Waals surface area contributed by atoms with Crippen molar-refractivity contribution in [1.82, 2.24) is 5.43 Å². The Morgan fingerprint density at radius 3 is 2.39 bits per heavy atom. The molecule has 1 atom stereocenters. The highest BCUT2D eigenvalue weighted by Gasteiger charge is 2.13. The summed E-state index contributed by atoms with van der Waals surface area (Å²) < 4.78 is 0. The summed E-state index contributed by atoms with van der Waals surface area (Å²) in [5.74, 6) is -0.111. The van der Waals surface area contributed by atoms with Crippen LogP contribution in [0.4, 0.5) is 5.69 Å². The number of hydrogen-bond donors (Lipinski definition) is 1. The minimum atomic E-state index is -0.203. The quantitative estimate of drug-likeness (QED) is 0.502. The fraction of sp³-hybridized carbons (Fsp3) is 0.222. The number of nitrogens with one attached hydrogen (secondary N) is 1. The number of carbonyl (C=O) groups is 1. The van der Waals surface area contributed by atoms with E-state index in [4.69, 9.17) is 0 Å². The molecule has 1 amide bonds. The highest BCUT2D eigenvalue weighted by Crippen LogP contribution is 2.22. The highest BCUT2D eigenvalue weighted by molar-refractivity contribution is 8.00. The first-order valence-corrected chi connectivity index (χ1v) is 8.26. The van der Waals surface area contributed by atoms with Crippen molar-refractivity contribution in [2.75, 3.05) is 19.0 Å². The number of benzene rings is 2. The Balaban J connectivity index is 1.85. The van der Waals surface area contributed by atoms with Gasteiger partial charge in [-0.3, -0.25) is 4.79 Å². The Morgan fingerprint density at radius 2 is 1.78 bits per heavy atom. The molecular formula is C18H21N3OS. The van der Waals surface area contributed by atoms with Crippen LogP contribution in [0, 0.1) is 0 Å². The van der Waals surface area contributed by atoms with Crippen LogP contribution in [-0.2, 0) is 4.79 Å². The van der Waals surface area contributed by atoms with E-state index in [1.807, 2.05) is 80.5 Å². The number of carbonyl (C=O) groups excluding carboxylic acids is 1. The number of anilines is 1. The third-order valence-corrected chi connectivity index (χ3v) is 4.34. The molecule has 0 unspecified atom stereocenters. The van der Waals surface area contributed by atoms with Crippen molar-refractivity contribution >= 4 is 29.6 Å². The lowest BCUT2D eigenvalue weighted by molar-refractivity contribution is -0.120. The topological polar surface area (TPSA) is 44.7 Å². The van der Waals surface area contributed by atoms with Crippen LogP contribution in [0.2, 0.25) is 0 Å². The maximum Gasteiger partial charge on any atom is 0.253 e. The fourth-order valence-corrected chi connectivity index (χ4v) is 2.76. The molecule has 0 saturated carbocycles. The zero-order valence-electron chi connectivity index (χ0n) is 13.6. The van der Waals surface area contributed by atoms with Crippen molar-refractivity contribution in [3.8, 4) is 0 Å². The zero-order valence-corrected chi connectivity index (χ0v) is 14.4. The van der Waals surface area contributed by atoms with Gasteiger partial charge in [0.05, 0.1) is 11.5 Å². The first-order chi connectivity index (χ1) is 11.1. The van der Waals surface area contributed by atoms with E-state index >= 15 is 0 Å². The van der Waals surface area contributed by atoms with Crippen molar-refractivity contribution < 1.29 is 4.79 Å². The van der Waals surface area contributed by atoms with Crippen LogP contribution in [0.15, 0.2) is 64.6 Å². The summed E-state index contributed by atoms with van der Waals surface area (Å²) in [5, 5.41) is 3.82. The summed E-state index contributed by atoms with van der Waals surface area (Å²) in [7, 11) is 3.99. The number of amides is 1. The average Bonchev–Trinajstić information content (AvgIpc) is 2.56. The number of hydrazone groups is 1. The molecule has 0 spiro atoms. The standard InChI is InChI=1S/C18H21N3OS/c1-14(23-17-7-5-4-6-8-17)18(22)20-19-13-15-9-11-16(12-10-15)21(2)3/h4-14H,1-3H3,(H,20,22)/b19-13-/t14-/m0/s1. The number of hydrogen-bond acceptors (Lipinski definition) is 4. The molecule has 4 nitrogen and oxygen atoms in total. The average molecular weight is 327 g/mol. The molecule has 0 radical (unpaired) electrons. The van der Waals surface area contributed by atoms with Crippen LogP contribution in [0.25, 0.3) is 0 Å². The Hall–Kier alpha value is -2.27. The van der Waals surface area contributed by atoms with Gasteiger partial charge in [0, 0.05) is 24.7 Å². The van der Waals surface area contributed by atoms with E-state index in [1.165, 1.54) is 11.8 Å². The molecule has 23 heavy (non-hydrogen) atoms. The lowest BCUT2D eigenvalue weighted by Crippen LogP contribution is -2.26. The minimum absolute atomic E-state index is 0.111. The smallest absolute Gasteiger partial charge is 0.253 e. The van der Waals surface area contributed by atoms with Crippen LogP contribution >= 0.6 is 11.8 Å². The second-order valence-corrected chi connectivity index (χ2v) is 6.71. The Morgan fingerprint density at radius 1 is 1.13 bits per heavy atom. The molecule has 0 aromatic heterocycles. The van der Waals surface area contributed by atoms with Gasteiger partial charge in [-0.15, -0.1) is 11.8 Å². The van der Waals surface area contributed by atoms with Crippen molar-refractivity contribution in [2.24, 2.45) is 5.10 Å². The molecule has 0 aliphatic carbocycles. The van der Waals surface area contributed by atoms with Gasteiger partial charge >= 0.3 is 0 Å². The van der Waals surface area contributed by atoms with Crippen LogP contribution in [0.5, 0.6) is 0 Å². The van der Waals surface area contributed by atoms with Crippen LogP contribution < -0.4 is 10.3 Å². The lowest BCUT2D eigenvalue weighted by atomic mass is 10.2. The second kappa shape index (κ2) is 8.39. The monoisotopic (exact) mass is 327 g/mol. The van der Waals surface area contributed by atoms with Gasteiger partial charge in [-0.1, -0.05) is 30.3 Å². The summed E-state index contributed by atoms with van der Waals surface area (Å²) in [6.07, 6.45) is 1.65. The summed E-state index contributed by atoms with van der Waals surface area (Å²) in [4.78, 5) is 15.1. The molecule has 0 bridgehead atoms. The van der Waals surface area contributed by atoms with Gasteiger partial charge in [-0.05, 0) is 36.8 Å². The molecule has 1 N–H and O–H groups in total. The number of thioether (sulfide) groups is 1. The van der Waals surface area contributed by atoms with Gasteiger partial charge in [0.2, 0.25) is 0 Å². The fourth-order valence-electron chi connectivity index (χ4n) is 1.88. The summed E-state index contributed by atoms with van der Waals surface area (Å²) in [6, 6.07) is 17.8. The predicted molar refractivity (Wildman–Crippen MR) is 98.3 cm³/mol. The van der Waals surface area contributed by atoms with Gasteiger partial charge in [0.25, 0.3) is 5.91 Å².